The van der Waals surface area contributed by atoms with Gasteiger partial charge in [0.25, 0.3) is 0 Å². The number of thiazole rings is 1. The van der Waals surface area contributed by atoms with E-state index in [0.717, 1.165) is 30.1 Å². The van der Waals surface area contributed by atoms with Gasteiger partial charge < -0.3 is 4.90 Å². The Balaban J connectivity index is 1.45. The fraction of sp³-hybridized carbons (Fsp3) is 0.421. The van der Waals surface area contributed by atoms with E-state index in [0.29, 0.717) is 17.5 Å². The lowest BCUT2D eigenvalue weighted by atomic mass is 9.85. The third-order valence-electron chi connectivity index (χ3n) is 5.01. The molecule has 0 bridgehead atoms. The first-order valence-electron chi connectivity index (χ1n) is 8.77. The molecule has 0 spiro atoms. The van der Waals surface area contributed by atoms with E-state index in [2.05, 4.69) is 24.3 Å². The number of fused-ring (bicyclic) bond motifs is 1. The Hall–Kier alpha value is -1.86. The monoisotopic (exact) mass is 387 g/mol. The third-order valence-corrected chi connectivity index (χ3v) is 7.15. The summed E-state index contributed by atoms with van der Waals surface area (Å²) in [7, 11) is 1.76. The molecule has 0 saturated carbocycles. The average Bonchev–Trinajstić information content (AvgIpc) is 3.27. The van der Waals surface area contributed by atoms with E-state index in [1.807, 2.05) is 6.07 Å². The molecule has 1 aliphatic carbocycles. The quantitative estimate of drug-likeness (QED) is 0.809. The topological polar surface area (TPSA) is 53.5 Å². The van der Waals surface area contributed by atoms with Crippen LogP contribution in [0, 0.1) is 0 Å². The second-order valence-electron chi connectivity index (χ2n) is 6.74. The number of anilines is 1. The molecule has 1 fully saturated rings. The van der Waals surface area contributed by atoms with E-state index in [-0.39, 0.29) is 18.4 Å². The molecule has 0 unspecified atom stereocenters. The Kier molecular flexibility index (Phi) is 5.00. The summed E-state index contributed by atoms with van der Waals surface area (Å²) in [5.41, 5.74) is 2.51. The molecule has 2 aliphatic rings. The summed E-state index contributed by atoms with van der Waals surface area (Å²) in [6.45, 7) is 0.138. The van der Waals surface area contributed by atoms with E-state index >= 15 is 0 Å². The number of aryl methyl sites for hydroxylation is 1. The normalized spacial score (nSPS) is 19.5. The smallest absolute Gasteiger partial charge is 0.248 e. The van der Waals surface area contributed by atoms with Crippen molar-refractivity contribution < 1.29 is 9.59 Å². The van der Waals surface area contributed by atoms with Gasteiger partial charge >= 0.3 is 0 Å². The zero-order valence-corrected chi connectivity index (χ0v) is 16.3. The largest absolute Gasteiger partial charge is 0.323 e. The fourth-order valence-corrected chi connectivity index (χ4v) is 5.50. The van der Waals surface area contributed by atoms with Crippen molar-refractivity contribution >= 4 is 40.0 Å². The SMILES string of the molecule is CN(C(=O)CN1CSCC1=O)c1nc2c(s1)C[C@@H](c1ccccc1)CC2. The van der Waals surface area contributed by atoms with Crippen LogP contribution < -0.4 is 4.90 Å². The summed E-state index contributed by atoms with van der Waals surface area (Å²) in [5, 5.41) is 0.744. The van der Waals surface area contributed by atoms with Crippen LogP contribution in [0.5, 0.6) is 0 Å². The van der Waals surface area contributed by atoms with Crippen LogP contribution in [0.3, 0.4) is 0 Å². The molecule has 2 amide bonds. The number of amides is 2. The molecule has 4 rings (SSSR count). The van der Waals surface area contributed by atoms with Gasteiger partial charge in [-0.1, -0.05) is 30.3 Å². The van der Waals surface area contributed by atoms with Gasteiger partial charge in [0.1, 0.15) is 6.54 Å². The second-order valence-corrected chi connectivity index (χ2v) is 8.76. The van der Waals surface area contributed by atoms with Crippen molar-refractivity contribution in [2.45, 2.75) is 25.2 Å². The highest BCUT2D eigenvalue weighted by Gasteiger charge is 2.28. The maximum Gasteiger partial charge on any atom is 0.248 e. The van der Waals surface area contributed by atoms with Crippen LogP contribution in [-0.2, 0) is 22.4 Å². The minimum atomic E-state index is -0.0773. The Labute approximate surface area is 161 Å². The van der Waals surface area contributed by atoms with E-state index in [9.17, 15) is 9.59 Å². The second kappa shape index (κ2) is 7.40. The highest BCUT2D eigenvalue weighted by molar-refractivity contribution is 8.00. The van der Waals surface area contributed by atoms with Crippen LogP contribution in [0.4, 0.5) is 5.13 Å². The molecule has 1 aliphatic heterocycles. The van der Waals surface area contributed by atoms with E-state index < -0.39 is 0 Å². The van der Waals surface area contributed by atoms with Crippen LogP contribution in [0.1, 0.15) is 28.5 Å². The molecule has 7 heteroatoms. The number of benzene rings is 1. The number of likely N-dealkylation sites (N-methyl/N-ethyl adjacent to an activating group) is 1. The van der Waals surface area contributed by atoms with Crippen LogP contribution >= 0.6 is 23.1 Å². The lowest BCUT2D eigenvalue weighted by Gasteiger charge is -2.21. The molecule has 0 radical (unpaired) electrons. The van der Waals surface area contributed by atoms with Gasteiger partial charge in [-0.15, -0.1) is 23.1 Å². The lowest BCUT2D eigenvalue weighted by Crippen LogP contribution is -2.39. The number of rotatable bonds is 4. The number of carbonyl (C=O) groups excluding carboxylic acids is 2. The summed E-state index contributed by atoms with van der Waals surface area (Å²) in [5.74, 6) is 1.57. The highest BCUT2D eigenvalue weighted by Crippen LogP contribution is 2.37. The Morgan fingerprint density at radius 2 is 2.15 bits per heavy atom. The van der Waals surface area contributed by atoms with Gasteiger partial charge in [-0.2, -0.15) is 0 Å². The van der Waals surface area contributed by atoms with Gasteiger partial charge in [0.15, 0.2) is 5.13 Å². The zero-order chi connectivity index (χ0) is 18.1. The number of hydrogen-bond acceptors (Lipinski definition) is 5. The third kappa shape index (κ3) is 3.50. The molecule has 136 valence electrons. The zero-order valence-electron chi connectivity index (χ0n) is 14.7. The van der Waals surface area contributed by atoms with Crippen LogP contribution in [0.2, 0.25) is 0 Å². The molecule has 1 saturated heterocycles. The van der Waals surface area contributed by atoms with Crippen LogP contribution in [0.25, 0.3) is 0 Å². The maximum absolute atomic E-state index is 12.5. The van der Waals surface area contributed by atoms with Crippen molar-refractivity contribution in [2.75, 3.05) is 30.1 Å². The number of nitrogens with zero attached hydrogens (tertiary/aromatic N) is 3. The summed E-state index contributed by atoms with van der Waals surface area (Å²) in [4.78, 5) is 33.5. The summed E-state index contributed by atoms with van der Waals surface area (Å²) >= 11 is 3.17. The minimum Gasteiger partial charge on any atom is -0.323 e. The van der Waals surface area contributed by atoms with Gasteiger partial charge in [0.2, 0.25) is 11.8 Å². The van der Waals surface area contributed by atoms with Gasteiger partial charge in [-0.05, 0) is 30.7 Å². The number of hydrogen-bond donors (Lipinski definition) is 0. The molecule has 1 aromatic heterocycles. The molecule has 1 aromatic carbocycles. The van der Waals surface area contributed by atoms with Crippen molar-refractivity contribution in [3.8, 4) is 0 Å². The maximum atomic E-state index is 12.5. The van der Waals surface area contributed by atoms with Crippen molar-refractivity contribution in [1.29, 1.82) is 0 Å². The predicted molar refractivity (Wildman–Crippen MR) is 106 cm³/mol. The summed E-state index contributed by atoms with van der Waals surface area (Å²) < 4.78 is 0. The fourth-order valence-electron chi connectivity index (χ4n) is 3.43. The first-order valence-corrected chi connectivity index (χ1v) is 10.7. The Morgan fingerprint density at radius 1 is 1.35 bits per heavy atom. The van der Waals surface area contributed by atoms with E-state index in [4.69, 9.17) is 4.98 Å². The van der Waals surface area contributed by atoms with Gasteiger partial charge in [-0.3, -0.25) is 14.5 Å². The van der Waals surface area contributed by atoms with Crippen molar-refractivity contribution in [1.82, 2.24) is 9.88 Å². The number of thioether (sulfide) groups is 1. The van der Waals surface area contributed by atoms with Crippen molar-refractivity contribution in [2.24, 2.45) is 0 Å². The van der Waals surface area contributed by atoms with E-state index in [1.54, 1.807) is 39.9 Å². The Morgan fingerprint density at radius 3 is 2.88 bits per heavy atom. The highest BCUT2D eigenvalue weighted by atomic mass is 32.2. The number of aromatic nitrogens is 1. The summed E-state index contributed by atoms with van der Waals surface area (Å²) in [6.07, 6.45) is 3.03. The van der Waals surface area contributed by atoms with Gasteiger partial charge in [-0.25, -0.2) is 4.98 Å². The molecular weight excluding hydrogens is 366 g/mol. The molecule has 2 heterocycles. The average molecular weight is 388 g/mol. The van der Waals surface area contributed by atoms with Gasteiger partial charge in [0, 0.05) is 11.9 Å². The summed E-state index contributed by atoms with van der Waals surface area (Å²) in [6, 6.07) is 10.6. The van der Waals surface area contributed by atoms with Crippen LogP contribution in [0.15, 0.2) is 30.3 Å². The molecule has 1 atom stereocenters. The van der Waals surface area contributed by atoms with Gasteiger partial charge in [0.05, 0.1) is 17.3 Å². The molecule has 2 aromatic rings. The number of carbonyl (C=O) groups is 2. The minimum absolute atomic E-state index is 0.0425. The standard InChI is InChI=1S/C19H21N3O2S2/c1-21(17(23)10-22-12-25-11-18(22)24)19-20-15-8-7-14(9-16(15)26-19)13-5-3-2-4-6-13/h2-6,14H,7-12H2,1H3/t14-/m0/s1. The van der Waals surface area contributed by atoms with Crippen LogP contribution in [-0.4, -0.2) is 46.9 Å². The first kappa shape index (κ1) is 17.5. The van der Waals surface area contributed by atoms with Crippen molar-refractivity contribution in [3.63, 3.8) is 0 Å². The molecule has 5 nitrogen and oxygen atoms in total. The molecular formula is C19H21N3O2S2. The molecule has 0 N–H and O–H groups in total. The lowest BCUT2D eigenvalue weighted by molar-refractivity contribution is -0.131. The Bertz CT molecular complexity index is 821. The molecule has 26 heavy (non-hydrogen) atoms. The first-order chi connectivity index (χ1) is 12.6. The van der Waals surface area contributed by atoms with Crippen molar-refractivity contribution in [3.05, 3.63) is 46.5 Å². The predicted octanol–water partition coefficient (Wildman–Crippen LogP) is 2.91. The van der Waals surface area contributed by atoms with E-state index in [1.165, 1.54) is 10.4 Å².